The Labute approximate surface area is 126 Å². The maximum atomic E-state index is 12.4. The van der Waals surface area contributed by atoms with Crippen LogP contribution < -0.4 is 5.32 Å². The van der Waals surface area contributed by atoms with Crippen LogP contribution in [0.4, 0.5) is 4.79 Å². The van der Waals surface area contributed by atoms with Crippen LogP contribution in [0.25, 0.3) is 0 Å². The zero-order valence-electron chi connectivity index (χ0n) is 12.8. The van der Waals surface area contributed by atoms with E-state index in [2.05, 4.69) is 37.4 Å². The predicted molar refractivity (Wildman–Crippen MR) is 82.1 cm³/mol. The number of carbonyl (C=O) groups excluding carboxylic acids is 1. The highest BCUT2D eigenvalue weighted by atomic mass is 16.3. The molecular weight excluding hydrogens is 264 g/mol. The Morgan fingerprint density at radius 1 is 1.48 bits per heavy atom. The summed E-state index contributed by atoms with van der Waals surface area (Å²) in [7, 11) is 0. The van der Waals surface area contributed by atoms with Crippen LogP contribution in [-0.2, 0) is 6.42 Å². The molecule has 0 aromatic heterocycles. The highest BCUT2D eigenvalue weighted by molar-refractivity contribution is 5.75. The van der Waals surface area contributed by atoms with Crippen LogP contribution in [0.3, 0.4) is 0 Å². The highest BCUT2D eigenvalue weighted by Crippen LogP contribution is 2.36. The Bertz CT molecular complexity index is 544. The molecule has 1 heterocycles. The Balaban J connectivity index is 1.71. The van der Waals surface area contributed by atoms with E-state index in [4.69, 9.17) is 0 Å². The molecule has 0 saturated carbocycles. The minimum atomic E-state index is 0.0113. The topological polar surface area (TPSA) is 52.6 Å². The second-order valence-electron chi connectivity index (χ2n) is 6.59. The van der Waals surface area contributed by atoms with Gasteiger partial charge in [-0.25, -0.2) is 4.79 Å². The van der Waals surface area contributed by atoms with Gasteiger partial charge in [-0.15, -0.1) is 0 Å². The van der Waals surface area contributed by atoms with Gasteiger partial charge in [-0.05, 0) is 36.8 Å². The van der Waals surface area contributed by atoms with Gasteiger partial charge in [0.05, 0.1) is 6.04 Å². The summed E-state index contributed by atoms with van der Waals surface area (Å²) in [6.07, 6.45) is 1.93. The minimum absolute atomic E-state index is 0.0113. The molecule has 1 aromatic rings. The smallest absolute Gasteiger partial charge is 0.317 e. The largest absolute Gasteiger partial charge is 0.396 e. The molecule has 0 radical (unpaired) electrons. The van der Waals surface area contributed by atoms with E-state index in [-0.39, 0.29) is 24.6 Å². The van der Waals surface area contributed by atoms with Crippen LogP contribution in [0.15, 0.2) is 18.2 Å². The molecule has 2 N–H and O–H groups in total. The summed E-state index contributed by atoms with van der Waals surface area (Å²) in [4.78, 5) is 14.3. The van der Waals surface area contributed by atoms with Gasteiger partial charge < -0.3 is 15.3 Å². The molecule has 0 spiro atoms. The average molecular weight is 288 g/mol. The van der Waals surface area contributed by atoms with Gasteiger partial charge >= 0.3 is 6.03 Å². The third kappa shape index (κ3) is 2.77. The maximum Gasteiger partial charge on any atom is 0.317 e. The number of nitrogens with zero attached hydrogens (tertiary/aromatic N) is 1. The van der Waals surface area contributed by atoms with Crippen LogP contribution in [0.5, 0.6) is 0 Å². The molecule has 0 bridgehead atoms. The van der Waals surface area contributed by atoms with Crippen molar-refractivity contribution in [2.24, 2.45) is 11.8 Å². The predicted octanol–water partition coefficient (Wildman–Crippen LogP) is 2.25. The summed E-state index contributed by atoms with van der Waals surface area (Å²) in [6.45, 7) is 5.88. The molecule has 1 aliphatic heterocycles. The lowest BCUT2D eigenvalue weighted by Crippen LogP contribution is -2.41. The van der Waals surface area contributed by atoms with Crippen molar-refractivity contribution in [3.8, 4) is 0 Å². The quantitative estimate of drug-likeness (QED) is 0.877. The van der Waals surface area contributed by atoms with E-state index in [0.717, 1.165) is 19.4 Å². The van der Waals surface area contributed by atoms with Gasteiger partial charge in [0.2, 0.25) is 0 Å². The number of amides is 2. The van der Waals surface area contributed by atoms with E-state index in [1.165, 1.54) is 16.7 Å². The van der Waals surface area contributed by atoms with Gasteiger partial charge in [0, 0.05) is 25.6 Å². The molecule has 0 unspecified atom stereocenters. The van der Waals surface area contributed by atoms with Crippen molar-refractivity contribution in [2.45, 2.75) is 32.7 Å². The van der Waals surface area contributed by atoms with E-state index in [0.29, 0.717) is 12.5 Å². The lowest BCUT2D eigenvalue weighted by atomic mass is 10.0. The fraction of sp³-hybridized carbons (Fsp3) is 0.588. The number of rotatable bonds is 2. The number of likely N-dealkylation sites (tertiary alicyclic amines) is 1. The lowest BCUT2D eigenvalue weighted by molar-refractivity contribution is 0.192. The normalized spacial score (nSPS) is 27.8. The number of urea groups is 1. The number of benzene rings is 1. The number of fused-ring (bicyclic) bond motifs is 1. The molecule has 1 aromatic carbocycles. The summed E-state index contributed by atoms with van der Waals surface area (Å²) < 4.78 is 0. The number of aliphatic hydroxyl groups excluding tert-OH is 1. The van der Waals surface area contributed by atoms with Crippen LogP contribution >= 0.6 is 0 Å². The second kappa shape index (κ2) is 5.68. The van der Waals surface area contributed by atoms with Gasteiger partial charge in [-0.1, -0.05) is 30.7 Å². The lowest BCUT2D eigenvalue weighted by Gasteiger charge is -2.24. The summed E-state index contributed by atoms with van der Waals surface area (Å²) in [5.41, 5.74) is 3.87. The average Bonchev–Trinajstić information content (AvgIpc) is 3.05. The third-order valence-electron chi connectivity index (χ3n) is 4.86. The SMILES string of the molecule is Cc1ccc2c(c1)[C@H](NC(=O)N1CC[C@@H](CO)C1)[C@@H](C)C2. The summed E-state index contributed by atoms with van der Waals surface area (Å²) in [5, 5.41) is 12.4. The number of aliphatic hydroxyl groups is 1. The second-order valence-corrected chi connectivity index (χ2v) is 6.59. The number of hydrogen-bond acceptors (Lipinski definition) is 2. The van der Waals surface area contributed by atoms with Crippen molar-refractivity contribution >= 4 is 6.03 Å². The van der Waals surface area contributed by atoms with Crippen molar-refractivity contribution in [1.29, 1.82) is 0 Å². The molecule has 1 saturated heterocycles. The fourth-order valence-corrected chi connectivity index (χ4v) is 3.57. The molecule has 2 aliphatic rings. The molecule has 4 heteroatoms. The molecule has 1 fully saturated rings. The van der Waals surface area contributed by atoms with Crippen LogP contribution in [0, 0.1) is 18.8 Å². The van der Waals surface area contributed by atoms with Crippen molar-refractivity contribution in [3.63, 3.8) is 0 Å². The van der Waals surface area contributed by atoms with Crippen LogP contribution in [-0.4, -0.2) is 35.7 Å². The van der Waals surface area contributed by atoms with Crippen molar-refractivity contribution in [3.05, 3.63) is 34.9 Å². The summed E-state index contributed by atoms with van der Waals surface area (Å²) in [5.74, 6) is 0.674. The van der Waals surface area contributed by atoms with Crippen LogP contribution in [0.1, 0.15) is 36.1 Å². The first-order valence-corrected chi connectivity index (χ1v) is 7.84. The van der Waals surface area contributed by atoms with E-state index < -0.39 is 0 Å². The molecule has 114 valence electrons. The van der Waals surface area contributed by atoms with E-state index in [9.17, 15) is 9.90 Å². The first-order chi connectivity index (χ1) is 10.1. The minimum Gasteiger partial charge on any atom is -0.396 e. The Hall–Kier alpha value is -1.55. The number of carbonyl (C=O) groups is 1. The van der Waals surface area contributed by atoms with E-state index in [1.807, 2.05) is 4.90 Å². The van der Waals surface area contributed by atoms with E-state index in [1.54, 1.807) is 0 Å². The molecule has 1 aliphatic carbocycles. The maximum absolute atomic E-state index is 12.4. The molecule has 3 rings (SSSR count). The summed E-state index contributed by atoms with van der Waals surface area (Å²) in [6, 6.07) is 6.65. The zero-order chi connectivity index (χ0) is 15.0. The van der Waals surface area contributed by atoms with Gasteiger partial charge in [-0.3, -0.25) is 0 Å². The first-order valence-electron chi connectivity index (χ1n) is 7.84. The zero-order valence-corrected chi connectivity index (χ0v) is 12.8. The number of aryl methyl sites for hydroxylation is 1. The molecule has 2 amide bonds. The van der Waals surface area contributed by atoms with Crippen LogP contribution in [0.2, 0.25) is 0 Å². The Kier molecular flexibility index (Phi) is 3.89. The van der Waals surface area contributed by atoms with Gasteiger partial charge in [0.15, 0.2) is 0 Å². The number of nitrogens with one attached hydrogen (secondary N) is 1. The van der Waals surface area contributed by atoms with Crippen molar-refractivity contribution < 1.29 is 9.90 Å². The van der Waals surface area contributed by atoms with E-state index >= 15 is 0 Å². The van der Waals surface area contributed by atoms with Crippen molar-refractivity contribution in [1.82, 2.24) is 10.2 Å². The summed E-state index contributed by atoms with van der Waals surface area (Å²) >= 11 is 0. The van der Waals surface area contributed by atoms with Gasteiger partial charge in [0.25, 0.3) is 0 Å². The first kappa shape index (κ1) is 14.4. The Morgan fingerprint density at radius 2 is 2.29 bits per heavy atom. The monoisotopic (exact) mass is 288 g/mol. The number of hydrogen-bond donors (Lipinski definition) is 2. The molecule has 4 nitrogen and oxygen atoms in total. The molecular formula is C17H24N2O2. The van der Waals surface area contributed by atoms with Gasteiger partial charge in [-0.2, -0.15) is 0 Å². The molecule has 3 atom stereocenters. The molecule has 21 heavy (non-hydrogen) atoms. The fourth-order valence-electron chi connectivity index (χ4n) is 3.57. The Morgan fingerprint density at radius 3 is 3.00 bits per heavy atom. The third-order valence-corrected chi connectivity index (χ3v) is 4.86. The van der Waals surface area contributed by atoms with Crippen molar-refractivity contribution in [2.75, 3.05) is 19.7 Å². The van der Waals surface area contributed by atoms with Gasteiger partial charge in [0.1, 0.15) is 0 Å². The highest BCUT2D eigenvalue weighted by Gasteiger charge is 2.33. The standard InChI is InChI=1S/C17H24N2O2/c1-11-3-4-14-8-12(2)16(15(14)7-11)18-17(21)19-6-5-13(9-19)10-20/h3-4,7,12-13,16,20H,5-6,8-10H2,1-2H3,(H,18,21)/t12-,13+,16+/m0/s1.